The van der Waals surface area contributed by atoms with Crippen LogP contribution in [-0.4, -0.2) is 43.1 Å². The van der Waals surface area contributed by atoms with Gasteiger partial charge in [0.2, 0.25) is 5.91 Å². The van der Waals surface area contributed by atoms with Crippen LogP contribution in [-0.2, 0) is 14.3 Å². The average molecular weight is 305 g/mol. The Kier molecular flexibility index (Phi) is 5.41. The molecule has 1 atom stereocenters. The Morgan fingerprint density at radius 2 is 2.09 bits per heavy atom. The smallest absolute Gasteiger partial charge is 0.307 e. The lowest BCUT2D eigenvalue weighted by molar-refractivity contribution is -0.142. The van der Waals surface area contributed by atoms with Crippen LogP contribution in [0.15, 0.2) is 24.3 Å². The van der Waals surface area contributed by atoms with Crippen LogP contribution in [0.3, 0.4) is 0 Å². The molecular weight excluding hydrogens is 282 g/mol. The highest BCUT2D eigenvalue weighted by molar-refractivity contribution is 5.85. The van der Waals surface area contributed by atoms with Gasteiger partial charge in [0.25, 0.3) is 0 Å². The molecule has 0 bridgehead atoms. The number of carbonyl (C=O) groups is 2. The van der Waals surface area contributed by atoms with Crippen molar-refractivity contribution in [2.45, 2.75) is 38.6 Å². The predicted octanol–water partition coefficient (Wildman–Crippen LogP) is 2.35. The van der Waals surface area contributed by atoms with Crippen LogP contribution in [0.5, 0.6) is 5.75 Å². The van der Waals surface area contributed by atoms with E-state index in [2.05, 4.69) is 4.74 Å². The first kappa shape index (κ1) is 16.3. The van der Waals surface area contributed by atoms with Crippen molar-refractivity contribution in [3.63, 3.8) is 0 Å². The lowest BCUT2D eigenvalue weighted by Crippen LogP contribution is -2.42. The third-order valence-corrected chi connectivity index (χ3v) is 3.95. The molecule has 0 fully saturated rings. The highest BCUT2D eigenvalue weighted by Gasteiger charge is 2.32. The van der Waals surface area contributed by atoms with Crippen LogP contribution in [0.2, 0.25) is 0 Å². The van der Waals surface area contributed by atoms with E-state index in [9.17, 15) is 9.59 Å². The van der Waals surface area contributed by atoms with Gasteiger partial charge >= 0.3 is 5.97 Å². The molecule has 0 saturated carbocycles. The predicted molar refractivity (Wildman–Crippen MR) is 82.8 cm³/mol. The number of nitrogens with zero attached hydrogens (tertiary/aromatic N) is 1. The fraction of sp³-hybridized carbons (Fsp3) is 0.529. The topological polar surface area (TPSA) is 55.8 Å². The molecule has 2 rings (SSSR count). The van der Waals surface area contributed by atoms with Gasteiger partial charge in [-0.05, 0) is 26.3 Å². The van der Waals surface area contributed by atoms with Gasteiger partial charge in [0, 0.05) is 18.2 Å². The van der Waals surface area contributed by atoms with Gasteiger partial charge in [-0.15, -0.1) is 0 Å². The number of fused-ring (bicyclic) bond motifs is 1. The molecule has 5 nitrogen and oxygen atoms in total. The van der Waals surface area contributed by atoms with E-state index in [1.165, 1.54) is 7.11 Å². The van der Waals surface area contributed by atoms with Crippen molar-refractivity contribution < 1.29 is 19.1 Å². The number of ether oxygens (including phenoxy) is 2. The highest BCUT2D eigenvalue weighted by atomic mass is 16.5. The molecule has 5 heteroatoms. The summed E-state index contributed by atoms with van der Waals surface area (Å²) in [5.74, 6) is 0.328. The van der Waals surface area contributed by atoms with Gasteiger partial charge in [-0.2, -0.15) is 0 Å². The number of benzene rings is 1. The summed E-state index contributed by atoms with van der Waals surface area (Å²) in [7, 11) is 1.36. The monoisotopic (exact) mass is 305 g/mol. The Hall–Kier alpha value is -2.04. The zero-order chi connectivity index (χ0) is 16.1. The minimum atomic E-state index is -0.300. The van der Waals surface area contributed by atoms with Crippen molar-refractivity contribution >= 4 is 11.9 Å². The van der Waals surface area contributed by atoms with Crippen LogP contribution in [0.25, 0.3) is 0 Å². The van der Waals surface area contributed by atoms with Gasteiger partial charge in [0.05, 0.1) is 26.1 Å². The SMILES string of the molecule is COC(=O)CCN(C(=O)C1CCOc2ccccc21)C(C)C. The van der Waals surface area contributed by atoms with E-state index < -0.39 is 0 Å². The summed E-state index contributed by atoms with van der Waals surface area (Å²) in [6.45, 7) is 4.83. The zero-order valence-electron chi connectivity index (χ0n) is 13.4. The molecule has 120 valence electrons. The van der Waals surface area contributed by atoms with Crippen LogP contribution >= 0.6 is 0 Å². The van der Waals surface area contributed by atoms with E-state index in [1.54, 1.807) is 4.90 Å². The molecule has 0 aliphatic carbocycles. The second-order valence-electron chi connectivity index (χ2n) is 5.68. The van der Waals surface area contributed by atoms with Crippen molar-refractivity contribution in [3.05, 3.63) is 29.8 Å². The largest absolute Gasteiger partial charge is 0.493 e. The van der Waals surface area contributed by atoms with Gasteiger partial charge in [-0.25, -0.2) is 0 Å². The van der Waals surface area contributed by atoms with Crippen molar-refractivity contribution in [2.75, 3.05) is 20.3 Å². The molecule has 1 heterocycles. The first-order chi connectivity index (χ1) is 10.5. The average Bonchev–Trinajstić information content (AvgIpc) is 2.53. The number of para-hydroxylation sites is 1. The van der Waals surface area contributed by atoms with Crippen molar-refractivity contribution in [1.82, 2.24) is 4.90 Å². The summed E-state index contributed by atoms with van der Waals surface area (Å²) in [5, 5.41) is 0. The van der Waals surface area contributed by atoms with Crippen LogP contribution in [0, 0.1) is 0 Å². The molecular formula is C17H23NO4. The molecule has 0 aromatic heterocycles. The Bertz CT molecular complexity index is 541. The maximum atomic E-state index is 12.9. The molecule has 1 amide bonds. The number of esters is 1. The molecule has 0 N–H and O–H groups in total. The molecule has 0 saturated heterocycles. The molecule has 0 radical (unpaired) electrons. The van der Waals surface area contributed by atoms with E-state index in [0.717, 1.165) is 11.3 Å². The molecule has 1 aromatic carbocycles. The van der Waals surface area contributed by atoms with E-state index in [-0.39, 0.29) is 30.3 Å². The van der Waals surface area contributed by atoms with E-state index in [1.807, 2.05) is 38.1 Å². The van der Waals surface area contributed by atoms with Gasteiger partial charge in [0.15, 0.2) is 0 Å². The fourth-order valence-corrected chi connectivity index (χ4v) is 2.74. The number of methoxy groups -OCH3 is 1. The van der Waals surface area contributed by atoms with Crippen molar-refractivity contribution in [3.8, 4) is 5.75 Å². The number of carbonyl (C=O) groups excluding carboxylic acids is 2. The summed E-state index contributed by atoms with van der Waals surface area (Å²) < 4.78 is 10.3. The molecule has 1 aliphatic heterocycles. The Morgan fingerprint density at radius 1 is 1.36 bits per heavy atom. The van der Waals surface area contributed by atoms with Crippen LogP contribution < -0.4 is 4.74 Å². The summed E-state index contributed by atoms with van der Waals surface area (Å²) in [5.41, 5.74) is 0.933. The quantitative estimate of drug-likeness (QED) is 0.784. The zero-order valence-corrected chi connectivity index (χ0v) is 13.4. The first-order valence-electron chi connectivity index (χ1n) is 7.63. The number of hydrogen-bond acceptors (Lipinski definition) is 4. The van der Waals surface area contributed by atoms with Crippen molar-refractivity contribution in [1.29, 1.82) is 0 Å². The molecule has 1 unspecified atom stereocenters. The van der Waals surface area contributed by atoms with Gasteiger partial charge < -0.3 is 14.4 Å². The van der Waals surface area contributed by atoms with Gasteiger partial charge in [0.1, 0.15) is 5.75 Å². The van der Waals surface area contributed by atoms with Crippen molar-refractivity contribution in [2.24, 2.45) is 0 Å². The standard InChI is InChI=1S/C17H23NO4/c1-12(2)18(10-8-16(19)21-3)17(20)14-9-11-22-15-7-5-4-6-13(14)15/h4-7,12,14H,8-11H2,1-3H3. The second-order valence-corrected chi connectivity index (χ2v) is 5.68. The minimum Gasteiger partial charge on any atom is -0.493 e. The Labute approximate surface area is 131 Å². The maximum Gasteiger partial charge on any atom is 0.307 e. The first-order valence-corrected chi connectivity index (χ1v) is 7.63. The molecule has 22 heavy (non-hydrogen) atoms. The second kappa shape index (κ2) is 7.29. The third kappa shape index (κ3) is 3.59. The number of amides is 1. The molecule has 1 aliphatic rings. The Morgan fingerprint density at radius 3 is 2.77 bits per heavy atom. The lowest BCUT2D eigenvalue weighted by Gasteiger charge is -2.33. The Balaban J connectivity index is 2.16. The van der Waals surface area contributed by atoms with E-state index >= 15 is 0 Å². The normalized spacial score (nSPS) is 16.6. The summed E-state index contributed by atoms with van der Waals surface area (Å²) in [6, 6.07) is 7.69. The fourth-order valence-electron chi connectivity index (χ4n) is 2.74. The van der Waals surface area contributed by atoms with E-state index in [0.29, 0.717) is 19.6 Å². The highest BCUT2D eigenvalue weighted by Crippen LogP contribution is 2.34. The summed E-state index contributed by atoms with van der Waals surface area (Å²) in [6.07, 6.45) is 0.878. The minimum absolute atomic E-state index is 0.0344. The van der Waals surface area contributed by atoms with Crippen LogP contribution in [0.4, 0.5) is 0 Å². The van der Waals surface area contributed by atoms with E-state index in [4.69, 9.17) is 4.74 Å². The summed E-state index contributed by atoms with van der Waals surface area (Å²) in [4.78, 5) is 26.0. The molecule has 1 aromatic rings. The number of rotatable bonds is 5. The van der Waals surface area contributed by atoms with Gasteiger partial charge in [-0.3, -0.25) is 9.59 Å². The summed E-state index contributed by atoms with van der Waals surface area (Å²) >= 11 is 0. The lowest BCUT2D eigenvalue weighted by atomic mass is 9.91. The maximum absolute atomic E-state index is 12.9. The van der Waals surface area contributed by atoms with Gasteiger partial charge in [-0.1, -0.05) is 18.2 Å². The van der Waals surface area contributed by atoms with Crippen LogP contribution in [0.1, 0.15) is 38.2 Å². The number of hydrogen-bond donors (Lipinski definition) is 0. The molecule has 0 spiro atoms. The third-order valence-electron chi connectivity index (χ3n) is 3.95.